The molecule has 5 nitrogen and oxygen atoms in total. The van der Waals surface area contributed by atoms with E-state index in [1.807, 2.05) is 31.2 Å². The second-order valence-electron chi connectivity index (χ2n) is 5.50. The van der Waals surface area contributed by atoms with Crippen molar-refractivity contribution < 1.29 is 4.79 Å². The van der Waals surface area contributed by atoms with Crippen molar-refractivity contribution in [3.05, 3.63) is 35.4 Å². The summed E-state index contributed by atoms with van der Waals surface area (Å²) in [5.41, 5.74) is 1.78. The van der Waals surface area contributed by atoms with Gasteiger partial charge in [-0.05, 0) is 38.0 Å². The normalized spacial score (nSPS) is 11.2. The van der Waals surface area contributed by atoms with Crippen molar-refractivity contribution in [2.75, 3.05) is 26.7 Å². The molecular weight excluding hydrogens is 288 g/mol. The van der Waals surface area contributed by atoms with E-state index < -0.39 is 0 Å². The molecule has 0 bridgehead atoms. The summed E-state index contributed by atoms with van der Waals surface area (Å²) >= 11 is 0. The molecule has 0 saturated carbocycles. The predicted molar refractivity (Wildman–Crippen MR) is 96.8 cm³/mol. The monoisotopic (exact) mass is 318 g/mol. The number of carbonyl (C=O) groups excluding carboxylic acids is 1. The molecular formula is C18H30N4O. The fourth-order valence-electron chi connectivity index (χ4n) is 2.16. The molecule has 0 aromatic heterocycles. The van der Waals surface area contributed by atoms with Crippen molar-refractivity contribution >= 4 is 11.9 Å². The Morgan fingerprint density at radius 3 is 2.30 bits per heavy atom. The highest BCUT2D eigenvalue weighted by atomic mass is 16.1. The van der Waals surface area contributed by atoms with Gasteiger partial charge in [0.1, 0.15) is 0 Å². The van der Waals surface area contributed by atoms with Gasteiger partial charge in [-0.1, -0.05) is 25.5 Å². The lowest BCUT2D eigenvalue weighted by molar-refractivity contribution is 0.0956. The van der Waals surface area contributed by atoms with Crippen molar-refractivity contribution in [3.8, 4) is 0 Å². The van der Waals surface area contributed by atoms with Crippen LogP contribution in [0.1, 0.15) is 49.5 Å². The predicted octanol–water partition coefficient (Wildman–Crippen LogP) is 2.63. The van der Waals surface area contributed by atoms with Crippen LogP contribution in [0.3, 0.4) is 0 Å². The summed E-state index contributed by atoms with van der Waals surface area (Å²) in [6.45, 7) is 9.27. The van der Waals surface area contributed by atoms with Crippen LogP contribution in [0, 0.1) is 0 Å². The number of hydrogen-bond acceptors (Lipinski definition) is 2. The molecule has 0 unspecified atom stereocenters. The second kappa shape index (κ2) is 10.6. The molecule has 1 amide bonds. The molecule has 0 aliphatic rings. The summed E-state index contributed by atoms with van der Waals surface area (Å²) in [7, 11) is 2.06. The molecule has 0 spiro atoms. The molecule has 2 N–H and O–H groups in total. The standard InChI is InChI=1S/C18H30N4O/c1-5-8-13-22(4)18(20-7-3)21-14-15-9-11-16(12-10-15)17(23)19-6-2/h9-12H,5-8,13-14H2,1-4H3,(H,19,23)(H,20,21). The third kappa shape index (κ3) is 6.72. The number of guanidine groups is 1. The van der Waals surface area contributed by atoms with Crippen LogP contribution in [0.25, 0.3) is 0 Å². The van der Waals surface area contributed by atoms with Gasteiger partial charge >= 0.3 is 0 Å². The first kappa shape index (κ1) is 19.0. The van der Waals surface area contributed by atoms with Gasteiger partial charge in [0, 0.05) is 32.2 Å². The van der Waals surface area contributed by atoms with Crippen molar-refractivity contribution in [2.24, 2.45) is 4.99 Å². The number of rotatable bonds is 8. The van der Waals surface area contributed by atoms with Crippen molar-refractivity contribution in [1.29, 1.82) is 0 Å². The third-order valence-electron chi connectivity index (χ3n) is 3.51. The van der Waals surface area contributed by atoms with Crippen molar-refractivity contribution in [1.82, 2.24) is 15.5 Å². The minimum Gasteiger partial charge on any atom is -0.357 e. The summed E-state index contributed by atoms with van der Waals surface area (Å²) in [6.07, 6.45) is 2.33. The summed E-state index contributed by atoms with van der Waals surface area (Å²) in [5.74, 6) is 0.893. The van der Waals surface area contributed by atoms with E-state index in [0.29, 0.717) is 18.7 Å². The Bertz CT molecular complexity index is 496. The largest absolute Gasteiger partial charge is 0.357 e. The Hall–Kier alpha value is -2.04. The van der Waals surface area contributed by atoms with Crippen molar-refractivity contribution in [2.45, 2.75) is 40.2 Å². The van der Waals surface area contributed by atoms with Gasteiger partial charge in [-0.25, -0.2) is 4.99 Å². The lowest BCUT2D eigenvalue weighted by Gasteiger charge is -2.21. The van der Waals surface area contributed by atoms with E-state index in [9.17, 15) is 4.79 Å². The Labute approximate surface area is 140 Å². The number of carbonyl (C=O) groups is 1. The van der Waals surface area contributed by atoms with Crippen LogP contribution in [0.4, 0.5) is 0 Å². The summed E-state index contributed by atoms with van der Waals surface area (Å²) in [5, 5.41) is 6.12. The zero-order chi connectivity index (χ0) is 17.1. The highest BCUT2D eigenvalue weighted by Crippen LogP contribution is 2.06. The fraction of sp³-hybridized carbons (Fsp3) is 0.556. The first-order valence-corrected chi connectivity index (χ1v) is 8.48. The zero-order valence-corrected chi connectivity index (χ0v) is 14.9. The van der Waals surface area contributed by atoms with Crippen LogP contribution in [-0.4, -0.2) is 43.4 Å². The van der Waals surface area contributed by atoms with Crippen LogP contribution < -0.4 is 10.6 Å². The molecule has 0 saturated heterocycles. The molecule has 128 valence electrons. The van der Waals surface area contributed by atoms with Crippen LogP contribution in [0.15, 0.2) is 29.3 Å². The highest BCUT2D eigenvalue weighted by Gasteiger charge is 2.06. The maximum absolute atomic E-state index is 11.7. The molecule has 0 atom stereocenters. The Balaban J connectivity index is 2.69. The van der Waals surface area contributed by atoms with Gasteiger partial charge in [0.2, 0.25) is 0 Å². The molecule has 1 aromatic rings. The molecule has 5 heteroatoms. The van der Waals surface area contributed by atoms with E-state index in [0.717, 1.165) is 31.0 Å². The quantitative estimate of drug-likeness (QED) is 0.572. The first-order chi connectivity index (χ1) is 11.1. The molecule has 0 aliphatic carbocycles. The second-order valence-corrected chi connectivity index (χ2v) is 5.50. The number of hydrogen-bond donors (Lipinski definition) is 2. The Morgan fingerprint density at radius 1 is 1.09 bits per heavy atom. The van der Waals surface area contributed by atoms with E-state index >= 15 is 0 Å². The van der Waals surface area contributed by atoms with Gasteiger partial charge in [-0.2, -0.15) is 0 Å². The number of nitrogens with zero attached hydrogens (tertiary/aromatic N) is 2. The lowest BCUT2D eigenvalue weighted by atomic mass is 10.1. The Morgan fingerprint density at radius 2 is 1.74 bits per heavy atom. The van der Waals surface area contributed by atoms with Gasteiger partial charge in [0.25, 0.3) is 5.91 Å². The van der Waals surface area contributed by atoms with Crippen LogP contribution in [0.5, 0.6) is 0 Å². The maximum Gasteiger partial charge on any atom is 0.251 e. The SMILES string of the molecule is CCCCN(C)C(=NCc1ccc(C(=O)NCC)cc1)NCC. The first-order valence-electron chi connectivity index (χ1n) is 8.48. The molecule has 23 heavy (non-hydrogen) atoms. The van der Waals surface area contributed by atoms with Gasteiger partial charge < -0.3 is 15.5 Å². The van der Waals surface area contributed by atoms with Crippen LogP contribution in [-0.2, 0) is 6.54 Å². The molecule has 0 radical (unpaired) electrons. The van der Waals surface area contributed by atoms with E-state index in [1.165, 1.54) is 6.42 Å². The number of benzene rings is 1. The minimum atomic E-state index is -0.0322. The zero-order valence-electron chi connectivity index (χ0n) is 14.9. The summed E-state index contributed by atoms with van der Waals surface area (Å²) in [4.78, 5) is 18.6. The third-order valence-corrected chi connectivity index (χ3v) is 3.51. The highest BCUT2D eigenvalue weighted by molar-refractivity contribution is 5.94. The van der Waals surface area contributed by atoms with Crippen LogP contribution >= 0.6 is 0 Å². The van der Waals surface area contributed by atoms with E-state index in [1.54, 1.807) is 0 Å². The number of unbranched alkanes of at least 4 members (excludes halogenated alkanes) is 1. The lowest BCUT2D eigenvalue weighted by Crippen LogP contribution is -2.39. The summed E-state index contributed by atoms with van der Waals surface area (Å²) < 4.78 is 0. The molecule has 1 aromatic carbocycles. The molecule has 0 heterocycles. The van der Waals surface area contributed by atoms with Gasteiger partial charge in [-0.3, -0.25) is 4.79 Å². The number of nitrogens with one attached hydrogen (secondary N) is 2. The van der Waals surface area contributed by atoms with Gasteiger partial charge in [-0.15, -0.1) is 0 Å². The topological polar surface area (TPSA) is 56.7 Å². The minimum absolute atomic E-state index is 0.0322. The number of aliphatic imine (C=N–C) groups is 1. The molecule has 0 fully saturated rings. The van der Waals surface area contributed by atoms with E-state index in [-0.39, 0.29) is 5.91 Å². The van der Waals surface area contributed by atoms with Crippen molar-refractivity contribution in [3.63, 3.8) is 0 Å². The van der Waals surface area contributed by atoms with Gasteiger partial charge in [0.15, 0.2) is 5.96 Å². The summed E-state index contributed by atoms with van der Waals surface area (Å²) in [6, 6.07) is 7.63. The fourth-order valence-corrected chi connectivity index (χ4v) is 2.16. The van der Waals surface area contributed by atoms with Crippen LogP contribution in [0.2, 0.25) is 0 Å². The smallest absolute Gasteiger partial charge is 0.251 e. The maximum atomic E-state index is 11.7. The Kier molecular flexibility index (Phi) is 8.80. The van der Waals surface area contributed by atoms with Gasteiger partial charge in [0.05, 0.1) is 6.54 Å². The van der Waals surface area contributed by atoms with E-state index in [2.05, 4.69) is 41.4 Å². The number of amides is 1. The van der Waals surface area contributed by atoms with E-state index in [4.69, 9.17) is 0 Å². The molecule has 0 aliphatic heterocycles. The average molecular weight is 318 g/mol. The average Bonchev–Trinajstić information content (AvgIpc) is 2.57. The molecule has 1 rings (SSSR count).